The number of thioether (sulfide) groups is 1. The first-order valence-electron chi connectivity index (χ1n) is 6.70. The molecule has 1 aromatic rings. The van der Waals surface area contributed by atoms with E-state index >= 15 is 0 Å². The summed E-state index contributed by atoms with van der Waals surface area (Å²) in [4.78, 5) is 0.388. The van der Waals surface area contributed by atoms with Crippen LogP contribution < -0.4 is 5.73 Å². The fraction of sp³-hybridized carbons (Fsp3) is 0.571. The van der Waals surface area contributed by atoms with E-state index in [0.29, 0.717) is 21.7 Å². The van der Waals surface area contributed by atoms with Gasteiger partial charge < -0.3 is 5.73 Å². The maximum atomic E-state index is 12.1. The summed E-state index contributed by atoms with van der Waals surface area (Å²) in [7, 11) is -3.13. The lowest BCUT2D eigenvalue weighted by atomic mass is 10.3. The first-order chi connectivity index (χ1) is 9.37. The molecule has 0 bridgehead atoms. The van der Waals surface area contributed by atoms with Gasteiger partial charge in [-0.15, -0.1) is 0 Å². The highest BCUT2D eigenvalue weighted by Crippen LogP contribution is 2.28. The van der Waals surface area contributed by atoms with E-state index in [-0.39, 0.29) is 5.25 Å². The molecule has 20 heavy (non-hydrogen) atoms. The van der Waals surface area contributed by atoms with Crippen molar-refractivity contribution in [2.45, 2.75) is 42.9 Å². The maximum absolute atomic E-state index is 12.1. The highest BCUT2D eigenvalue weighted by atomic mass is 35.5. The number of benzene rings is 1. The second kappa shape index (κ2) is 8.27. The van der Waals surface area contributed by atoms with E-state index in [1.165, 1.54) is 0 Å². The number of halogens is 1. The first kappa shape index (κ1) is 17.8. The lowest BCUT2D eigenvalue weighted by Crippen LogP contribution is -2.20. The van der Waals surface area contributed by atoms with Gasteiger partial charge in [-0.05, 0) is 49.8 Å². The molecule has 1 fully saturated rings. The molecule has 0 aromatic heterocycles. The van der Waals surface area contributed by atoms with E-state index in [1.807, 2.05) is 6.92 Å². The lowest BCUT2D eigenvalue weighted by Gasteiger charge is -2.10. The molecular formula is C14H22ClNO2S2. The Labute approximate surface area is 131 Å². The third-order valence-electron chi connectivity index (χ3n) is 3.11. The molecule has 0 aliphatic carbocycles. The van der Waals surface area contributed by atoms with Crippen LogP contribution in [0.25, 0.3) is 0 Å². The first-order valence-corrected chi connectivity index (χ1v) is 9.78. The molecule has 0 amide bonds. The summed E-state index contributed by atoms with van der Waals surface area (Å²) in [6.45, 7) is 4.07. The Kier molecular flexibility index (Phi) is 7.37. The minimum absolute atomic E-state index is 0.219. The van der Waals surface area contributed by atoms with Crippen molar-refractivity contribution in [2.24, 2.45) is 5.73 Å². The predicted molar refractivity (Wildman–Crippen MR) is 88.3 cm³/mol. The lowest BCUT2D eigenvalue weighted by molar-refractivity contribution is 0.584. The molecule has 0 spiro atoms. The number of hydrogen-bond donors (Lipinski definition) is 1. The summed E-state index contributed by atoms with van der Waals surface area (Å²) in [6.07, 6.45) is 1.84. The molecule has 1 aromatic carbocycles. The summed E-state index contributed by atoms with van der Waals surface area (Å²) in [5.74, 6) is 1.66. The van der Waals surface area contributed by atoms with Crippen LogP contribution in [-0.4, -0.2) is 31.2 Å². The Balaban J connectivity index is 0.000000347. The van der Waals surface area contributed by atoms with Gasteiger partial charge in [0.05, 0.1) is 10.1 Å². The Hall–Kier alpha value is -0.230. The molecule has 2 rings (SSSR count). The molecule has 2 N–H and O–H groups in total. The molecule has 2 unspecified atom stereocenters. The Morgan fingerprint density at radius 1 is 1.40 bits per heavy atom. The molecule has 114 valence electrons. The van der Waals surface area contributed by atoms with Crippen molar-refractivity contribution in [3.8, 4) is 0 Å². The largest absolute Gasteiger partial charge is 0.328 e. The van der Waals surface area contributed by atoms with Gasteiger partial charge in [-0.3, -0.25) is 0 Å². The van der Waals surface area contributed by atoms with Crippen molar-refractivity contribution < 1.29 is 8.42 Å². The number of rotatable bonds is 3. The van der Waals surface area contributed by atoms with Gasteiger partial charge in [0.2, 0.25) is 0 Å². The zero-order valence-corrected chi connectivity index (χ0v) is 14.3. The quantitative estimate of drug-likeness (QED) is 0.920. The van der Waals surface area contributed by atoms with Crippen LogP contribution in [0.3, 0.4) is 0 Å². The topological polar surface area (TPSA) is 60.2 Å². The van der Waals surface area contributed by atoms with Crippen molar-refractivity contribution in [3.05, 3.63) is 29.3 Å². The standard InChI is InChI=1S/C10H11ClO2S2.C4H11N/c11-8-1-3-9(4-2-8)15(12,13)10-5-6-14-7-10;1-3-4(2)5/h1-4,10H,5-7H2;4H,3,5H2,1-2H3. The third-order valence-corrected chi connectivity index (χ3v) is 6.95. The van der Waals surface area contributed by atoms with Crippen LogP contribution in [-0.2, 0) is 9.84 Å². The smallest absolute Gasteiger partial charge is 0.182 e. The van der Waals surface area contributed by atoms with Crippen molar-refractivity contribution >= 4 is 33.2 Å². The van der Waals surface area contributed by atoms with E-state index in [2.05, 4.69) is 6.92 Å². The van der Waals surface area contributed by atoms with Crippen molar-refractivity contribution in [1.29, 1.82) is 0 Å². The van der Waals surface area contributed by atoms with E-state index in [1.54, 1.807) is 36.0 Å². The van der Waals surface area contributed by atoms with Gasteiger partial charge in [-0.2, -0.15) is 11.8 Å². The zero-order valence-electron chi connectivity index (χ0n) is 11.9. The molecule has 6 heteroatoms. The van der Waals surface area contributed by atoms with Crippen LogP contribution in [0.4, 0.5) is 0 Å². The normalized spacial score (nSPS) is 20.1. The number of hydrogen-bond acceptors (Lipinski definition) is 4. The van der Waals surface area contributed by atoms with Crippen molar-refractivity contribution in [1.82, 2.24) is 0 Å². The van der Waals surface area contributed by atoms with Crippen LogP contribution in [0, 0.1) is 0 Å². The van der Waals surface area contributed by atoms with Crippen molar-refractivity contribution in [3.63, 3.8) is 0 Å². The summed E-state index contributed by atoms with van der Waals surface area (Å²) in [5, 5.41) is 0.346. The average molecular weight is 336 g/mol. The van der Waals surface area contributed by atoms with E-state index in [9.17, 15) is 8.42 Å². The van der Waals surface area contributed by atoms with Gasteiger partial charge >= 0.3 is 0 Å². The van der Waals surface area contributed by atoms with Gasteiger partial charge in [0.1, 0.15) is 0 Å². The molecular weight excluding hydrogens is 314 g/mol. The minimum atomic E-state index is -3.13. The fourth-order valence-electron chi connectivity index (χ4n) is 1.57. The van der Waals surface area contributed by atoms with Gasteiger partial charge in [0, 0.05) is 16.8 Å². The second-order valence-electron chi connectivity index (χ2n) is 4.87. The Bertz CT molecular complexity index is 494. The Morgan fingerprint density at radius 2 is 1.95 bits per heavy atom. The number of nitrogens with two attached hydrogens (primary N) is 1. The fourth-order valence-corrected chi connectivity index (χ4v) is 5.23. The minimum Gasteiger partial charge on any atom is -0.328 e. The van der Waals surface area contributed by atoms with Gasteiger partial charge in [0.15, 0.2) is 9.84 Å². The van der Waals surface area contributed by atoms with Crippen LogP contribution in [0.1, 0.15) is 26.7 Å². The molecule has 1 aliphatic heterocycles. The summed E-state index contributed by atoms with van der Waals surface area (Å²) >= 11 is 7.42. The van der Waals surface area contributed by atoms with Crippen LogP contribution in [0.15, 0.2) is 29.2 Å². The van der Waals surface area contributed by atoms with Crippen LogP contribution >= 0.6 is 23.4 Å². The van der Waals surface area contributed by atoms with Gasteiger partial charge in [-0.25, -0.2) is 8.42 Å². The van der Waals surface area contributed by atoms with Gasteiger partial charge in [-0.1, -0.05) is 18.5 Å². The average Bonchev–Trinajstić information content (AvgIpc) is 2.94. The SMILES string of the molecule is CCC(C)N.O=S(=O)(c1ccc(Cl)cc1)C1CCSC1. The maximum Gasteiger partial charge on any atom is 0.182 e. The number of sulfone groups is 1. The molecule has 0 saturated carbocycles. The predicted octanol–water partition coefficient (Wildman–Crippen LogP) is 3.36. The molecule has 1 aliphatic rings. The van der Waals surface area contributed by atoms with Crippen molar-refractivity contribution in [2.75, 3.05) is 11.5 Å². The molecule has 3 nitrogen and oxygen atoms in total. The molecule has 2 atom stereocenters. The highest BCUT2D eigenvalue weighted by Gasteiger charge is 2.30. The summed E-state index contributed by atoms with van der Waals surface area (Å²) in [5.41, 5.74) is 5.29. The Morgan fingerprint density at radius 3 is 2.35 bits per heavy atom. The molecule has 0 radical (unpaired) electrons. The third kappa shape index (κ3) is 5.28. The van der Waals surface area contributed by atoms with Crippen LogP contribution in [0.2, 0.25) is 5.02 Å². The van der Waals surface area contributed by atoms with Crippen LogP contribution in [0.5, 0.6) is 0 Å². The summed E-state index contributed by atoms with van der Waals surface area (Å²) in [6, 6.07) is 6.80. The molecule has 1 heterocycles. The van der Waals surface area contributed by atoms with E-state index in [4.69, 9.17) is 17.3 Å². The zero-order chi connectivity index (χ0) is 15.2. The molecule has 1 saturated heterocycles. The highest BCUT2D eigenvalue weighted by molar-refractivity contribution is 8.01. The van der Waals surface area contributed by atoms with E-state index < -0.39 is 9.84 Å². The summed E-state index contributed by atoms with van der Waals surface area (Å²) < 4.78 is 24.2. The van der Waals surface area contributed by atoms with E-state index in [0.717, 1.165) is 18.6 Å². The van der Waals surface area contributed by atoms with Gasteiger partial charge in [0.25, 0.3) is 0 Å². The second-order valence-corrected chi connectivity index (χ2v) is 8.68. The monoisotopic (exact) mass is 335 g/mol.